The molecule has 2 aromatic rings. The third-order valence-corrected chi connectivity index (χ3v) is 5.81. The number of para-hydroxylation sites is 2. The van der Waals surface area contributed by atoms with Gasteiger partial charge in [-0.2, -0.15) is 0 Å². The molecule has 1 saturated heterocycles. The molecule has 1 N–H and O–H groups in total. The highest BCUT2D eigenvalue weighted by Gasteiger charge is 2.42. The molecule has 0 atom stereocenters. The van der Waals surface area contributed by atoms with Crippen LogP contribution in [0.5, 0.6) is 17.2 Å². The highest BCUT2D eigenvalue weighted by atomic mass is 16.5. The lowest BCUT2D eigenvalue weighted by atomic mass is 9.75. The smallest absolute Gasteiger partial charge is 0.312 e. The van der Waals surface area contributed by atoms with Gasteiger partial charge in [-0.05, 0) is 57.5 Å². The number of esters is 1. The summed E-state index contributed by atoms with van der Waals surface area (Å²) in [6.45, 7) is 4.80. The Kier molecular flexibility index (Phi) is 7.57. The Morgan fingerprint density at radius 1 is 1.10 bits per heavy atom. The summed E-state index contributed by atoms with van der Waals surface area (Å²) in [5.41, 5.74) is 0.294. The molecule has 6 heteroatoms. The van der Waals surface area contributed by atoms with Crippen molar-refractivity contribution in [1.29, 1.82) is 0 Å². The first-order valence-corrected chi connectivity index (χ1v) is 10.5. The van der Waals surface area contributed by atoms with Crippen molar-refractivity contribution in [3.8, 4) is 17.2 Å². The molecule has 6 nitrogen and oxygen atoms in total. The van der Waals surface area contributed by atoms with Crippen LogP contribution >= 0.6 is 0 Å². The second-order valence-corrected chi connectivity index (χ2v) is 7.66. The van der Waals surface area contributed by atoms with Crippen molar-refractivity contribution < 1.29 is 24.1 Å². The van der Waals surface area contributed by atoms with Crippen molar-refractivity contribution in [2.75, 3.05) is 33.4 Å². The number of phenolic OH excluding ortho intramolecular Hbond substituents is 1. The number of carbonyl (C=O) groups excluding carboxylic acids is 1. The number of hydrogen-bond acceptors (Lipinski definition) is 6. The van der Waals surface area contributed by atoms with Gasteiger partial charge in [0, 0.05) is 12.1 Å². The number of carbonyl (C=O) groups is 1. The van der Waals surface area contributed by atoms with Gasteiger partial charge >= 0.3 is 5.97 Å². The number of aromatic hydroxyl groups is 1. The molecular formula is C24H31NO5. The molecule has 1 aliphatic heterocycles. The molecule has 30 heavy (non-hydrogen) atoms. The van der Waals surface area contributed by atoms with Crippen LogP contribution in [-0.4, -0.2) is 49.4 Å². The van der Waals surface area contributed by atoms with Crippen LogP contribution in [0.1, 0.15) is 31.7 Å². The third-order valence-electron chi connectivity index (χ3n) is 5.81. The summed E-state index contributed by atoms with van der Waals surface area (Å²) in [7, 11) is 1.55. The number of hydrogen-bond donors (Lipinski definition) is 1. The Hall–Kier alpha value is -2.73. The number of piperidine rings is 1. The van der Waals surface area contributed by atoms with E-state index in [1.807, 2.05) is 49.4 Å². The number of ether oxygens (including phenoxy) is 3. The summed E-state index contributed by atoms with van der Waals surface area (Å²) in [5, 5.41) is 10.4. The molecule has 1 heterocycles. The average molecular weight is 414 g/mol. The van der Waals surface area contributed by atoms with Gasteiger partial charge < -0.3 is 19.3 Å². The maximum absolute atomic E-state index is 12.8. The molecular weight excluding hydrogens is 382 g/mol. The molecule has 0 radical (unpaired) electrons. The van der Waals surface area contributed by atoms with E-state index in [2.05, 4.69) is 4.90 Å². The molecule has 0 saturated carbocycles. The normalized spacial score (nSPS) is 16.1. The van der Waals surface area contributed by atoms with Crippen LogP contribution in [-0.2, 0) is 16.1 Å². The summed E-state index contributed by atoms with van der Waals surface area (Å²) in [4.78, 5) is 15.1. The van der Waals surface area contributed by atoms with Crippen molar-refractivity contribution in [2.45, 2.75) is 32.7 Å². The van der Waals surface area contributed by atoms with Crippen molar-refractivity contribution >= 4 is 5.97 Å². The van der Waals surface area contributed by atoms with Crippen LogP contribution in [0.25, 0.3) is 0 Å². The number of rotatable bonds is 9. The van der Waals surface area contributed by atoms with Crippen molar-refractivity contribution in [1.82, 2.24) is 4.90 Å². The van der Waals surface area contributed by atoms with E-state index in [-0.39, 0.29) is 11.7 Å². The van der Waals surface area contributed by atoms with Crippen molar-refractivity contribution in [2.24, 2.45) is 5.41 Å². The summed E-state index contributed by atoms with van der Waals surface area (Å²) in [5.74, 6) is 1.33. The maximum atomic E-state index is 12.8. The molecule has 0 aliphatic carbocycles. The van der Waals surface area contributed by atoms with Crippen molar-refractivity contribution in [3.05, 3.63) is 54.1 Å². The second-order valence-electron chi connectivity index (χ2n) is 7.66. The maximum Gasteiger partial charge on any atom is 0.312 e. The molecule has 162 valence electrons. The zero-order valence-electron chi connectivity index (χ0n) is 17.8. The van der Waals surface area contributed by atoms with Crippen LogP contribution < -0.4 is 9.47 Å². The van der Waals surface area contributed by atoms with Gasteiger partial charge in [0.05, 0.1) is 25.7 Å². The van der Waals surface area contributed by atoms with Crippen molar-refractivity contribution in [3.63, 3.8) is 0 Å². The van der Waals surface area contributed by atoms with Crippen LogP contribution in [0.3, 0.4) is 0 Å². The highest BCUT2D eigenvalue weighted by Crippen LogP contribution is 2.38. The van der Waals surface area contributed by atoms with Crippen LogP contribution in [0.2, 0.25) is 0 Å². The fourth-order valence-electron chi connectivity index (χ4n) is 3.96. The van der Waals surface area contributed by atoms with Crippen LogP contribution in [0.15, 0.2) is 48.5 Å². The van der Waals surface area contributed by atoms with Gasteiger partial charge in [-0.1, -0.05) is 30.3 Å². The number of phenols is 1. The fraction of sp³-hybridized carbons (Fsp3) is 0.458. The monoisotopic (exact) mass is 413 g/mol. The first-order chi connectivity index (χ1) is 14.6. The minimum Gasteiger partial charge on any atom is -0.504 e. The van der Waals surface area contributed by atoms with E-state index >= 15 is 0 Å². The Morgan fingerprint density at radius 3 is 2.50 bits per heavy atom. The summed E-state index contributed by atoms with van der Waals surface area (Å²) in [6.07, 6.45) is 2.03. The third kappa shape index (κ3) is 5.25. The summed E-state index contributed by atoms with van der Waals surface area (Å²) >= 11 is 0. The van der Waals surface area contributed by atoms with Gasteiger partial charge in [-0.25, -0.2) is 0 Å². The summed E-state index contributed by atoms with van der Waals surface area (Å²) in [6, 6.07) is 15.2. The first kappa shape index (κ1) is 22.0. The van der Waals surface area contributed by atoms with E-state index in [1.54, 1.807) is 13.2 Å². The van der Waals surface area contributed by atoms with E-state index < -0.39 is 5.41 Å². The number of likely N-dealkylation sites (tertiary alicyclic amines) is 1. The zero-order chi connectivity index (χ0) is 21.4. The number of methoxy groups -OCH3 is 1. The lowest BCUT2D eigenvalue weighted by molar-refractivity contribution is -0.159. The molecule has 1 aliphatic rings. The predicted molar refractivity (Wildman–Crippen MR) is 115 cm³/mol. The summed E-state index contributed by atoms with van der Waals surface area (Å²) < 4.78 is 16.5. The van der Waals surface area contributed by atoms with Crippen LogP contribution in [0, 0.1) is 5.41 Å². The Balaban J connectivity index is 1.62. The van der Waals surface area contributed by atoms with Gasteiger partial charge in [-0.3, -0.25) is 9.69 Å². The van der Waals surface area contributed by atoms with Gasteiger partial charge in [0.2, 0.25) is 0 Å². The highest BCUT2D eigenvalue weighted by molar-refractivity contribution is 5.77. The van der Waals surface area contributed by atoms with Gasteiger partial charge in [0.1, 0.15) is 5.75 Å². The molecule has 0 aromatic heterocycles. The number of nitrogens with zero attached hydrogens (tertiary/aromatic N) is 1. The molecule has 1 fully saturated rings. The van der Waals surface area contributed by atoms with E-state index in [1.165, 1.54) is 0 Å². The first-order valence-electron chi connectivity index (χ1n) is 10.5. The minimum absolute atomic E-state index is 0.134. The second kappa shape index (κ2) is 10.3. The average Bonchev–Trinajstić information content (AvgIpc) is 2.77. The van der Waals surface area contributed by atoms with Gasteiger partial charge in [0.25, 0.3) is 0 Å². The van der Waals surface area contributed by atoms with Gasteiger partial charge in [0.15, 0.2) is 11.5 Å². The lowest BCUT2D eigenvalue weighted by Crippen LogP contribution is -2.45. The lowest BCUT2D eigenvalue weighted by Gasteiger charge is -2.40. The number of benzene rings is 2. The quantitative estimate of drug-likeness (QED) is 0.627. The minimum atomic E-state index is -0.530. The van der Waals surface area contributed by atoms with E-state index in [0.29, 0.717) is 44.8 Å². The SMILES string of the molecule is CCOC(=O)C1(CCOc2ccccc2)CCN(Cc2cccc(OC)c2O)CC1. The molecule has 2 aromatic carbocycles. The van der Waals surface area contributed by atoms with E-state index in [9.17, 15) is 9.90 Å². The molecule has 3 rings (SSSR count). The van der Waals surface area contributed by atoms with E-state index in [4.69, 9.17) is 14.2 Å². The Labute approximate surface area is 178 Å². The largest absolute Gasteiger partial charge is 0.504 e. The fourth-order valence-corrected chi connectivity index (χ4v) is 3.96. The molecule has 0 spiro atoms. The standard InChI is InChI=1S/C24H31NO5/c1-3-29-23(27)24(14-17-30-20-9-5-4-6-10-20)12-15-25(16-13-24)18-19-8-7-11-21(28-2)22(19)26/h4-11,26H,3,12-18H2,1-2H3. The Bertz CT molecular complexity index is 816. The zero-order valence-corrected chi connectivity index (χ0v) is 17.8. The molecule has 0 amide bonds. The van der Waals surface area contributed by atoms with Gasteiger partial charge in [-0.15, -0.1) is 0 Å². The molecule has 0 unspecified atom stereocenters. The van der Waals surface area contributed by atoms with E-state index in [0.717, 1.165) is 24.4 Å². The van der Waals surface area contributed by atoms with Crippen LogP contribution in [0.4, 0.5) is 0 Å². The Morgan fingerprint density at radius 2 is 1.83 bits per heavy atom. The molecule has 0 bridgehead atoms. The topological polar surface area (TPSA) is 68.2 Å². The predicted octanol–water partition coefficient (Wildman–Crippen LogP) is 4.02.